The molecular formula is C24H26N4O5S. The molecule has 1 atom stereocenters. The smallest absolute Gasteiger partial charge is 0.243 e. The molecule has 0 unspecified atom stereocenters. The molecule has 2 aliphatic heterocycles. The number of anilines is 1. The lowest BCUT2D eigenvalue weighted by Gasteiger charge is -2.26. The van der Waals surface area contributed by atoms with Crippen molar-refractivity contribution in [2.24, 2.45) is 0 Å². The number of carbonyl (C=O) groups excluding carboxylic acids is 1. The molecule has 0 N–H and O–H groups in total. The first-order chi connectivity index (χ1) is 16.3. The van der Waals surface area contributed by atoms with Gasteiger partial charge in [0.25, 0.3) is 0 Å². The van der Waals surface area contributed by atoms with Crippen LogP contribution in [0.3, 0.4) is 0 Å². The van der Waals surface area contributed by atoms with Gasteiger partial charge in [-0.2, -0.15) is 9.29 Å². The van der Waals surface area contributed by atoms with Crippen molar-refractivity contribution in [3.05, 3.63) is 59.5 Å². The lowest BCUT2D eigenvalue weighted by molar-refractivity contribution is -0.117. The van der Waals surface area contributed by atoms with E-state index >= 15 is 0 Å². The van der Waals surface area contributed by atoms with E-state index < -0.39 is 10.0 Å². The summed E-state index contributed by atoms with van der Waals surface area (Å²) in [5.41, 5.74) is 3.82. The molecule has 0 aliphatic carbocycles. The molecule has 9 nitrogen and oxygen atoms in total. The minimum atomic E-state index is -3.57. The van der Waals surface area contributed by atoms with Crippen molar-refractivity contribution in [1.82, 2.24) is 14.4 Å². The molecule has 0 bridgehead atoms. The van der Waals surface area contributed by atoms with Crippen molar-refractivity contribution in [2.45, 2.75) is 31.1 Å². The Kier molecular flexibility index (Phi) is 5.97. The Balaban J connectivity index is 1.31. The zero-order valence-corrected chi connectivity index (χ0v) is 19.9. The summed E-state index contributed by atoms with van der Waals surface area (Å²) in [6, 6.07) is 12.4. The van der Waals surface area contributed by atoms with Crippen LogP contribution in [0.1, 0.15) is 29.4 Å². The molecule has 178 valence electrons. The number of morpholine rings is 1. The fourth-order valence-electron chi connectivity index (χ4n) is 4.25. The highest BCUT2D eigenvalue weighted by Gasteiger charge is 2.35. The van der Waals surface area contributed by atoms with Crippen LogP contribution in [-0.2, 0) is 19.6 Å². The third-order valence-electron chi connectivity index (χ3n) is 6.44. The summed E-state index contributed by atoms with van der Waals surface area (Å²) in [5, 5.41) is 4.07. The molecule has 1 amide bonds. The molecule has 1 aromatic heterocycles. The van der Waals surface area contributed by atoms with Crippen LogP contribution in [0.2, 0.25) is 0 Å². The maximum atomic E-state index is 12.8. The number of amides is 1. The van der Waals surface area contributed by atoms with Crippen LogP contribution in [0.4, 0.5) is 5.69 Å². The molecule has 0 radical (unpaired) electrons. The van der Waals surface area contributed by atoms with Gasteiger partial charge in [0, 0.05) is 37.3 Å². The van der Waals surface area contributed by atoms with Gasteiger partial charge in [0.15, 0.2) is 0 Å². The average molecular weight is 483 g/mol. The van der Waals surface area contributed by atoms with E-state index in [9.17, 15) is 13.2 Å². The summed E-state index contributed by atoms with van der Waals surface area (Å²) in [6.07, 6.45) is 0.297. The van der Waals surface area contributed by atoms with Gasteiger partial charge >= 0.3 is 0 Å². The summed E-state index contributed by atoms with van der Waals surface area (Å²) >= 11 is 0. The van der Waals surface area contributed by atoms with Gasteiger partial charge in [0.2, 0.25) is 27.6 Å². The van der Waals surface area contributed by atoms with Crippen molar-refractivity contribution in [2.75, 3.05) is 37.7 Å². The maximum absolute atomic E-state index is 12.8. The number of aromatic nitrogens is 2. The van der Waals surface area contributed by atoms with Gasteiger partial charge < -0.3 is 14.2 Å². The number of sulfonamides is 1. The molecule has 2 fully saturated rings. The van der Waals surface area contributed by atoms with Crippen LogP contribution >= 0.6 is 0 Å². The molecule has 2 aromatic carbocycles. The number of hydrogen-bond acceptors (Lipinski definition) is 7. The van der Waals surface area contributed by atoms with E-state index in [1.165, 1.54) is 9.87 Å². The number of rotatable bonds is 5. The van der Waals surface area contributed by atoms with Crippen LogP contribution in [0.15, 0.2) is 51.9 Å². The average Bonchev–Trinajstić information content (AvgIpc) is 3.49. The molecule has 0 saturated carbocycles. The zero-order valence-electron chi connectivity index (χ0n) is 19.1. The topological polar surface area (TPSA) is 106 Å². The Morgan fingerprint density at radius 1 is 1.00 bits per heavy atom. The SMILES string of the molecule is Cc1ccc(N2C[C@@H](c3nc(-c4ccc(S(=O)(=O)N5CCOCC5)cc4)no3)CC2=O)cc1C. The number of hydrogen-bond donors (Lipinski definition) is 0. The van der Waals surface area contributed by atoms with Crippen LogP contribution in [0.5, 0.6) is 0 Å². The van der Waals surface area contributed by atoms with E-state index in [-0.39, 0.29) is 16.7 Å². The Bertz CT molecular complexity index is 1310. The second-order valence-electron chi connectivity index (χ2n) is 8.67. The summed E-state index contributed by atoms with van der Waals surface area (Å²) in [7, 11) is -3.57. The quantitative estimate of drug-likeness (QED) is 0.550. The van der Waals surface area contributed by atoms with Crippen LogP contribution in [0.25, 0.3) is 11.4 Å². The second-order valence-corrected chi connectivity index (χ2v) is 10.6. The van der Waals surface area contributed by atoms with Crippen LogP contribution < -0.4 is 4.90 Å². The number of benzene rings is 2. The van der Waals surface area contributed by atoms with Gasteiger partial charge in [-0.05, 0) is 61.4 Å². The number of nitrogens with zero attached hydrogens (tertiary/aromatic N) is 4. The Morgan fingerprint density at radius 2 is 1.74 bits per heavy atom. The van der Waals surface area contributed by atoms with E-state index in [0.717, 1.165) is 11.3 Å². The zero-order chi connectivity index (χ0) is 23.9. The van der Waals surface area contributed by atoms with E-state index in [4.69, 9.17) is 9.26 Å². The number of carbonyl (C=O) groups is 1. The Labute approximate surface area is 198 Å². The molecule has 3 aromatic rings. The van der Waals surface area contributed by atoms with Gasteiger partial charge in [-0.15, -0.1) is 0 Å². The van der Waals surface area contributed by atoms with Gasteiger partial charge in [0.1, 0.15) is 0 Å². The highest BCUT2D eigenvalue weighted by atomic mass is 32.2. The second kappa shape index (κ2) is 8.94. The standard InChI is InChI=1S/C24H26N4O5S/c1-16-3-6-20(13-17(16)2)28-15-19(14-22(28)29)24-25-23(26-33-24)18-4-7-21(8-5-18)34(30,31)27-9-11-32-12-10-27/h3-8,13,19H,9-12,14-15H2,1-2H3/t19-/m0/s1. The number of ether oxygens (including phenoxy) is 1. The summed E-state index contributed by atoms with van der Waals surface area (Å²) in [5.74, 6) is 0.587. The van der Waals surface area contributed by atoms with E-state index in [0.29, 0.717) is 56.5 Å². The van der Waals surface area contributed by atoms with Crippen LogP contribution in [-0.4, -0.2) is 61.6 Å². The Morgan fingerprint density at radius 3 is 2.44 bits per heavy atom. The van der Waals surface area contributed by atoms with Gasteiger partial charge in [-0.1, -0.05) is 11.2 Å². The Hall–Kier alpha value is -3.08. The predicted molar refractivity (Wildman–Crippen MR) is 125 cm³/mol. The van der Waals surface area contributed by atoms with Crippen molar-refractivity contribution in [3.8, 4) is 11.4 Å². The maximum Gasteiger partial charge on any atom is 0.243 e. The molecule has 3 heterocycles. The highest BCUT2D eigenvalue weighted by molar-refractivity contribution is 7.89. The van der Waals surface area contributed by atoms with Gasteiger partial charge in [0.05, 0.1) is 24.0 Å². The van der Waals surface area contributed by atoms with Crippen LogP contribution in [0, 0.1) is 13.8 Å². The minimum absolute atomic E-state index is 0.0191. The van der Waals surface area contributed by atoms with Gasteiger partial charge in [-0.3, -0.25) is 4.79 Å². The fourth-order valence-corrected chi connectivity index (χ4v) is 5.65. The lowest BCUT2D eigenvalue weighted by Crippen LogP contribution is -2.40. The van der Waals surface area contributed by atoms with Crippen molar-refractivity contribution >= 4 is 21.6 Å². The molecule has 2 saturated heterocycles. The van der Waals surface area contributed by atoms with Crippen molar-refractivity contribution < 1.29 is 22.5 Å². The van der Waals surface area contributed by atoms with E-state index in [1.54, 1.807) is 29.2 Å². The largest absolute Gasteiger partial charge is 0.379 e. The summed E-state index contributed by atoms with van der Waals surface area (Å²) in [4.78, 5) is 19.1. The normalized spacial score (nSPS) is 19.6. The minimum Gasteiger partial charge on any atom is -0.379 e. The molecule has 2 aliphatic rings. The fraction of sp³-hybridized carbons (Fsp3) is 0.375. The predicted octanol–water partition coefficient (Wildman–Crippen LogP) is 2.89. The molecule has 34 heavy (non-hydrogen) atoms. The summed E-state index contributed by atoms with van der Waals surface area (Å²) in [6.45, 7) is 6.02. The number of aryl methyl sites for hydroxylation is 2. The van der Waals surface area contributed by atoms with Gasteiger partial charge in [-0.25, -0.2) is 8.42 Å². The first kappa shape index (κ1) is 22.7. The van der Waals surface area contributed by atoms with Crippen molar-refractivity contribution in [1.29, 1.82) is 0 Å². The third kappa shape index (κ3) is 4.24. The molecular weight excluding hydrogens is 456 g/mol. The van der Waals surface area contributed by atoms with E-state index in [1.807, 2.05) is 32.0 Å². The highest BCUT2D eigenvalue weighted by Crippen LogP contribution is 2.33. The summed E-state index contributed by atoms with van der Waals surface area (Å²) < 4.78 is 37.8. The first-order valence-corrected chi connectivity index (χ1v) is 12.7. The molecule has 10 heteroatoms. The van der Waals surface area contributed by atoms with E-state index in [2.05, 4.69) is 10.1 Å². The lowest BCUT2D eigenvalue weighted by atomic mass is 10.1. The first-order valence-electron chi connectivity index (χ1n) is 11.2. The van der Waals surface area contributed by atoms with Crippen molar-refractivity contribution in [3.63, 3.8) is 0 Å². The third-order valence-corrected chi connectivity index (χ3v) is 8.35. The molecule has 0 spiro atoms. The monoisotopic (exact) mass is 482 g/mol. The molecule has 5 rings (SSSR count).